The van der Waals surface area contributed by atoms with Crippen LogP contribution in [0, 0.1) is 11.3 Å². The molecule has 1 unspecified atom stereocenters. The maximum atomic E-state index is 13.5. The van der Waals surface area contributed by atoms with E-state index in [0.29, 0.717) is 38.3 Å². The van der Waals surface area contributed by atoms with E-state index in [1.807, 2.05) is 6.07 Å². The molecule has 0 saturated carbocycles. The van der Waals surface area contributed by atoms with Crippen LogP contribution in [0.15, 0.2) is 89.5 Å². The van der Waals surface area contributed by atoms with Crippen molar-refractivity contribution in [2.45, 2.75) is 44.9 Å². The predicted molar refractivity (Wildman–Crippen MR) is 198 cm³/mol. The lowest BCUT2D eigenvalue weighted by atomic mass is 9.72. The summed E-state index contributed by atoms with van der Waals surface area (Å²) in [6.45, 7) is 6.70. The first kappa shape index (κ1) is 35.9. The van der Waals surface area contributed by atoms with Crippen molar-refractivity contribution >= 4 is 75.2 Å². The number of nitrogens with one attached hydrogen (secondary N) is 3. The van der Waals surface area contributed by atoms with Gasteiger partial charge in [-0.25, -0.2) is 4.79 Å². The SMILES string of the molecule is COC(=O)c1c(NC(=O)CSc2cccc(NC(=O)/C(=C/c3cccc(Cl)c3)NC(=O)c3ccccc3)c2)sc2c1CCC(C(C)(C)C)C2. The van der Waals surface area contributed by atoms with Crippen molar-refractivity contribution in [3.05, 3.63) is 117 Å². The molecule has 1 aromatic heterocycles. The molecule has 11 heteroatoms. The number of esters is 1. The summed E-state index contributed by atoms with van der Waals surface area (Å²) < 4.78 is 5.09. The Morgan fingerprint density at radius 2 is 1.73 bits per heavy atom. The zero-order valence-corrected chi connectivity index (χ0v) is 30.1. The first-order valence-electron chi connectivity index (χ1n) is 15.8. The third-order valence-corrected chi connectivity index (χ3v) is 10.7. The van der Waals surface area contributed by atoms with Crippen LogP contribution in [0.2, 0.25) is 5.02 Å². The lowest BCUT2D eigenvalue weighted by Crippen LogP contribution is -2.30. The Labute approximate surface area is 299 Å². The molecular weight excluding hydrogens is 678 g/mol. The van der Waals surface area contributed by atoms with E-state index >= 15 is 0 Å². The van der Waals surface area contributed by atoms with Crippen molar-refractivity contribution < 1.29 is 23.9 Å². The van der Waals surface area contributed by atoms with Crippen LogP contribution in [0.3, 0.4) is 0 Å². The molecule has 3 aromatic carbocycles. The van der Waals surface area contributed by atoms with Crippen molar-refractivity contribution in [3.63, 3.8) is 0 Å². The number of thiophene rings is 1. The van der Waals surface area contributed by atoms with E-state index in [4.69, 9.17) is 16.3 Å². The van der Waals surface area contributed by atoms with Crippen LogP contribution in [0.25, 0.3) is 6.08 Å². The van der Waals surface area contributed by atoms with Gasteiger partial charge in [0.25, 0.3) is 11.8 Å². The number of carbonyl (C=O) groups excluding carboxylic acids is 4. The zero-order chi connectivity index (χ0) is 35.1. The number of carbonyl (C=O) groups is 4. The minimum Gasteiger partial charge on any atom is -0.465 e. The first-order chi connectivity index (χ1) is 23.4. The van der Waals surface area contributed by atoms with Gasteiger partial charge in [-0.05, 0) is 90.3 Å². The number of thioether (sulfide) groups is 1. The lowest BCUT2D eigenvalue weighted by Gasteiger charge is -2.33. The Kier molecular flexibility index (Phi) is 11.6. The van der Waals surface area contributed by atoms with Crippen molar-refractivity contribution in [2.75, 3.05) is 23.5 Å². The molecule has 5 rings (SSSR count). The summed E-state index contributed by atoms with van der Waals surface area (Å²) in [7, 11) is 1.35. The van der Waals surface area contributed by atoms with Crippen LogP contribution in [0.5, 0.6) is 0 Å². The van der Waals surface area contributed by atoms with E-state index in [2.05, 4.69) is 36.7 Å². The van der Waals surface area contributed by atoms with Crippen molar-refractivity contribution in [3.8, 4) is 0 Å². The maximum absolute atomic E-state index is 13.5. The molecule has 0 radical (unpaired) electrons. The van der Waals surface area contributed by atoms with Crippen LogP contribution >= 0.6 is 34.7 Å². The Balaban J connectivity index is 1.27. The molecule has 0 fully saturated rings. The van der Waals surface area contributed by atoms with E-state index < -0.39 is 17.8 Å². The lowest BCUT2D eigenvalue weighted by molar-refractivity contribution is -0.114. The number of benzene rings is 3. The third kappa shape index (κ3) is 9.41. The summed E-state index contributed by atoms with van der Waals surface area (Å²) in [6.07, 6.45) is 4.17. The summed E-state index contributed by atoms with van der Waals surface area (Å²) in [5.41, 5.74) is 3.13. The fraction of sp³-hybridized carbons (Fsp3) is 0.263. The van der Waals surface area contributed by atoms with E-state index in [1.165, 1.54) is 30.2 Å². The number of hydrogen-bond donors (Lipinski definition) is 3. The molecule has 49 heavy (non-hydrogen) atoms. The second kappa shape index (κ2) is 15.9. The molecule has 0 saturated heterocycles. The Morgan fingerprint density at radius 1 is 0.980 bits per heavy atom. The van der Waals surface area contributed by atoms with Gasteiger partial charge in [0, 0.05) is 26.0 Å². The number of methoxy groups -OCH3 is 1. The Bertz CT molecular complexity index is 1900. The molecule has 1 aliphatic carbocycles. The number of ether oxygens (including phenoxy) is 1. The van der Waals surface area contributed by atoms with E-state index in [1.54, 1.807) is 78.9 Å². The van der Waals surface area contributed by atoms with Gasteiger partial charge in [0.15, 0.2) is 0 Å². The van der Waals surface area contributed by atoms with Gasteiger partial charge in [-0.2, -0.15) is 0 Å². The summed E-state index contributed by atoms with van der Waals surface area (Å²) >= 11 is 8.91. The Hall–Kier alpha value is -4.38. The second-order valence-electron chi connectivity index (χ2n) is 12.8. The van der Waals surface area contributed by atoms with Crippen molar-refractivity contribution in [1.29, 1.82) is 0 Å². The topological polar surface area (TPSA) is 114 Å². The number of halogens is 1. The monoisotopic (exact) mass is 715 g/mol. The van der Waals surface area contributed by atoms with E-state index in [-0.39, 0.29) is 22.8 Å². The van der Waals surface area contributed by atoms with Gasteiger partial charge in [0.05, 0.1) is 18.4 Å². The van der Waals surface area contributed by atoms with Crippen LogP contribution in [0.1, 0.15) is 63.9 Å². The molecular formula is C38H38ClN3O5S2. The molecule has 3 amide bonds. The number of hydrogen-bond acceptors (Lipinski definition) is 7. The highest BCUT2D eigenvalue weighted by Crippen LogP contribution is 2.44. The van der Waals surface area contributed by atoms with E-state index in [0.717, 1.165) is 34.6 Å². The summed E-state index contributed by atoms with van der Waals surface area (Å²) in [4.78, 5) is 54.3. The number of amides is 3. The number of fused-ring (bicyclic) bond motifs is 1. The maximum Gasteiger partial charge on any atom is 0.341 e. The molecule has 0 aliphatic heterocycles. The van der Waals surface area contributed by atoms with Gasteiger partial charge in [0.2, 0.25) is 5.91 Å². The third-order valence-electron chi connectivity index (χ3n) is 8.28. The van der Waals surface area contributed by atoms with Gasteiger partial charge in [-0.15, -0.1) is 23.1 Å². The second-order valence-corrected chi connectivity index (χ2v) is 15.3. The molecule has 0 spiro atoms. The fourth-order valence-corrected chi connectivity index (χ4v) is 7.90. The molecule has 1 aliphatic rings. The van der Waals surface area contributed by atoms with Gasteiger partial charge >= 0.3 is 5.97 Å². The van der Waals surface area contributed by atoms with Crippen LogP contribution in [-0.4, -0.2) is 36.6 Å². The van der Waals surface area contributed by atoms with Crippen LogP contribution in [0.4, 0.5) is 10.7 Å². The highest BCUT2D eigenvalue weighted by atomic mass is 35.5. The van der Waals surface area contributed by atoms with Gasteiger partial charge < -0.3 is 20.7 Å². The highest BCUT2D eigenvalue weighted by Gasteiger charge is 2.34. The summed E-state index contributed by atoms with van der Waals surface area (Å²) in [5.74, 6) is -1.10. The van der Waals surface area contributed by atoms with Gasteiger partial charge in [-0.1, -0.05) is 68.8 Å². The molecule has 254 valence electrons. The average molecular weight is 716 g/mol. The molecule has 1 heterocycles. The van der Waals surface area contributed by atoms with Gasteiger partial charge in [0.1, 0.15) is 10.7 Å². The normalized spacial score (nSPS) is 14.4. The first-order valence-corrected chi connectivity index (χ1v) is 18.0. The zero-order valence-electron chi connectivity index (χ0n) is 27.7. The molecule has 4 aromatic rings. The largest absolute Gasteiger partial charge is 0.465 e. The molecule has 8 nitrogen and oxygen atoms in total. The number of anilines is 2. The minimum atomic E-state index is -0.533. The predicted octanol–water partition coefficient (Wildman–Crippen LogP) is 8.48. The molecule has 1 atom stereocenters. The van der Waals surface area contributed by atoms with Gasteiger partial charge in [-0.3, -0.25) is 14.4 Å². The smallest absolute Gasteiger partial charge is 0.341 e. The van der Waals surface area contributed by atoms with Crippen molar-refractivity contribution in [2.24, 2.45) is 11.3 Å². The molecule has 0 bridgehead atoms. The van der Waals surface area contributed by atoms with Crippen LogP contribution < -0.4 is 16.0 Å². The highest BCUT2D eigenvalue weighted by molar-refractivity contribution is 8.00. The Morgan fingerprint density at radius 3 is 2.45 bits per heavy atom. The summed E-state index contributed by atoms with van der Waals surface area (Å²) in [6, 6.07) is 22.6. The standard InChI is InChI=1S/C38H38ClN3O5S2/c1-38(2,3)25-16-17-29-31(20-25)49-36(33(29)37(46)47-4)42-32(43)22-48-28-15-9-14-27(21-28)40-35(45)30(19-23-10-8-13-26(39)18-23)41-34(44)24-11-6-5-7-12-24/h5-15,18-19,21,25H,16-17,20,22H2,1-4H3,(H,40,45)(H,41,44)(H,42,43)/b30-19-. The average Bonchev–Trinajstić information content (AvgIpc) is 3.44. The number of rotatable bonds is 10. The van der Waals surface area contributed by atoms with E-state index in [9.17, 15) is 19.2 Å². The van der Waals surface area contributed by atoms with Crippen molar-refractivity contribution in [1.82, 2.24) is 5.32 Å². The van der Waals surface area contributed by atoms with Crippen LogP contribution in [-0.2, 0) is 27.2 Å². The quantitative estimate of drug-likeness (QED) is 0.0863. The summed E-state index contributed by atoms with van der Waals surface area (Å²) in [5, 5.41) is 9.54. The molecule has 3 N–H and O–H groups in total. The minimum absolute atomic E-state index is 0.0300. The fourth-order valence-electron chi connectivity index (χ4n) is 5.61.